The lowest BCUT2D eigenvalue weighted by Crippen LogP contribution is -2.38. The summed E-state index contributed by atoms with van der Waals surface area (Å²) in [6, 6.07) is 14.9. The number of aliphatic hydroxyl groups is 1. The number of anilines is 1. The van der Waals surface area contributed by atoms with Crippen LogP contribution >= 0.6 is 0 Å². The fraction of sp³-hybridized carbons (Fsp3) is 0.250. The van der Waals surface area contributed by atoms with Crippen LogP contribution in [0.25, 0.3) is 21.8 Å². The van der Waals surface area contributed by atoms with Gasteiger partial charge >= 0.3 is 0 Å². The number of fused-ring (bicyclic) bond motifs is 3. The quantitative estimate of drug-likeness (QED) is 0.413. The number of halogens is 2. The maximum atomic E-state index is 13.9. The van der Waals surface area contributed by atoms with Crippen molar-refractivity contribution in [1.82, 2.24) is 4.57 Å². The molecule has 0 amide bonds. The van der Waals surface area contributed by atoms with Crippen molar-refractivity contribution in [3.63, 3.8) is 0 Å². The molecule has 0 aliphatic carbocycles. The molecule has 0 radical (unpaired) electrons. The van der Waals surface area contributed by atoms with Crippen LogP contribution in [-0.4, -0.2) is 43.6 Å². The molecule has 1 N–H and O–H groups in total. The van der Waals surface area contributed by atoms with Crippen molar-refractivity contribution in [3.05, 3.63) is 72.3 Å². The molecule has 0 spiro atoms. The summed E-state index contributed by atoms with van der Waals surface area (Å²) >= 11 is 0. The lowest BCUT2D eigenvalue weighted by Gasteiger charge is -2.26. The average molecular weight is 475 g/mol. The van der Waals surface area contributed by atoms with Crippen molar-refractivity contribution >= 4 is 37.5 Å². The molecular formula is C24H24F2N2O4S. The van der Waals surface area contributed by atoms with E-state index in [0.717, 1.165) is 10.6 Å². The van der Waals surface area contributed by atoms with Crippen molar-refractivity contribution in [1.29, 1.82) is 0 Å². The molecule has 33 heavy (non-hydrogen) atoms. The zero-order valence-corrected chi connectivity index (χ0v) is 19.0. The Labute approximate surface area is 190 Å². The first kappa shape index (κ1) is 23.0. The van der Waals surface area contributed by atoms with Gasteiger partial charge in [0.15, 0.2) is 0 Å². The van der Waals surface area contributed by atoms with Crippen molar-refractivity contribution < 1.29 is 27.0 Å². The molecule has 1 atom stereocenters. The second kappa shape index (κ2) is 8.99. The van der Waals surface area contributed by atoms with E-state index in [0.29, 0.717) is 39.8 Å². The van der Waals surface area contributed by atoms with Gasteiger partial charge in [0.2, 0.25) is 10.0 Å². The van der Waals surface area contributed by atoms with E-state index in [1.165, 1.54) is 24.3 Å². The summed E-state index contributed by atoms with van der Waals surface area (Å²) in [7, 11) is -3.69. The van der Waals surface area contributed by atoms with Crippen LogP contribution in [0.15, 0.2) is 60.7 Å². The minimum absolute atomic E-state index is 0.0281. The normalized spacial score (nSPS) is 12.9. The van der Waals surface area contributed by atoms with E-state index >= 15 is 0 Å². The molecule has 0 aliphatic rings. The lowest BCUT2D eigenvalue weighted by molar-refractivity contribution is 0.166. The zero-order valence-electron chi connectivity index (χ0n) is 18.2. The summed E-state index contributed by atoms with van der Waals surface area (Å²) in [6.07, 6.45) is -0.0254. The molecule has 3 aromatic carbocycles. The van der Waals surface area contributed by atoms with E-state index in [-0.39, 0.29) is 13.1 Å². The van der Waals surface area contributed by atoms with Gasteiger partial charge in [0, 0.05) is 21.8 Å². The third-order valence-electron chi connectivity index (χ3n) is 5.39. The first-order valence-corrected chi connectivity index (χ1v) is 12.3. The lowest BCUT2D eigenvalue weighted by atomic mass is 10.1. The van der Waals surface area contributed by atoms with Crippen LogP contribution in [0.5, 0.6) is 5.75 Å². The number of rotatable bonds is 8. The molecule has 0 saturated carbocycles. The molecule has 4 aromatic rings. The number of aromatic nitrogens is 1. The van der Waals surface area contributed by atoms with Crippen molar-refractivity contribution in [2.45, 2.75) is 19.6 Å². The van der Waals surface area contributed by atoms with E-state index in [1.54, 1.807) is 41.0 Å². The van der Waals surface area contributed by atoms with Crippen LogP contribution in [0.3, 0.4) is 0 Å². The standard InChI is InChI=1S/C24H24F2N2O4S/c1-3-32-20-8-6-18(7-9-20)28(33(2,30)31)15-19(29)14-27-23-10-4-16(25)12-21(23)22-13-17(26)5-11-24(22)27/h4-13,19,29H,3,14-15H2,1-2H3. The second-order valence-corrected chi connectivity index (χ2v) is 9.72. The fourth-order valence-electron chi connectivity index (χ4n) is 4.01. The highest BCUT2D eigenvalue weighted by molar-refractivity contribution is 7.92. The monoisotopic (exact) mass is 474 g/mol. The van der Waals surface area contributed by atoms with Gasteiger partial charge in [-0.15, -0.1) is 0 Å². The van der Waals surface area contributed by atoms with Gasteiger partial charge in [0.25, 0.3) is 0 Å². The van der Waals surface area contributed by atoms with Gasteiger partial charge in [-0.2, -0.15) is 0 Å². The molecule has 1 unspecified atom stereocenters. The number of ether oxygens (including phenoxy) is 1. The maximum absolute atomic E-state index is 13.9. The average Bonchev–Trinajstić information content (AvgIpc) is 3.04. The topological polar surface area (TPSA) is 71.8 Å². The molecule has 174 valence electrons. The molecule has 6 nitrogen and oxygen atoms in total. The third-order valence-corrected chi connectivity index (χ3v) is 6.56. The summed E-state index contributed by atoms with van der Waals surface area (Å²) in [5.41, 5.74) is 1.62. The minimum Gasteiger partial charge on any atom is -0.494 e. The fourth-order valence-corrected chi connectivity index (χ4v) is 4.96. The number of benzene rings is 3. The van der Waals surface area contributed by atoms with E-state index in [9.17, 15) is 22.3 Å². The van der Waals surface area contributed by atoms with Gasteiger partial charge in [-0.05, 0) is 67.6 Å². The largest absolute Gasteiger partial charge is 0.494 e. The van der Waals surface area contributed by atoms with Gasteiger partial charge in [-0.3, -0.25) is 4.31 Å². The Morgan fingerprint density at radius 1 is 0.970 bits per heavy atom. The predicted molar refractivity (Wildman–Crippen MR) is 125 cm³/mol. The van der Waals surface area contributed by atoms with Crippen molar-refractivity contribution in [2.24, 2.45) is 0 Å². The summed E-state index contributed by atoms with van der Waals surface area (Å²) in [5, 5.41) is 11.9. The molecule has 1 aromatic heterocycles. The van der Waals surface area contributed by atoms with E-state index in [4.69, 9.17) is 4.74 Å². The maximum Gasteiger partial charge on any atom is 0.232 e. The van der Waals surface area contributed by atoms with Gasteiger partial charge in [0.05, 0.1) is 37.7 Å². The summed E-state index contributed by atoms with van der Waals surface area (Å²) in [6.45, 7) is 2.17. The predicted octanol–water partition coefficient (Wildman–Crippen LogP) is 4.30. The first-order valence-electron chi connectivity index (χ1n) is 10.4. The van der Waals surface area contributed by atoms with Gasteiger partial charge in [0.1, 0.15) is 17.4 Å². The van der Waals surface area contributed by atoms with E-state index in [1.807, 2.05) is 6.92 Å². The van der Waals surface area contributed by atoms with Crippen LogP contribution in [0.1, 0.15) is 6.92 Å². The summed E-state index contributed by atoms with van der Waals surface area (Å²) in [4.78, 5) is 0. The Morgan fingerprint density at radius 3 is 2.00 bits per heavy atom. The van der Waals surface area contributed by atoms with E-state index < -0.39 is 27.8 Å². The molecule has 4 rings (SSSR count). The molecule has 1 heterocycles. The van der Waals surface area contributed by atoms with Crippen LogP contribution < -0.4 is 9.04 Å². The third kappa shape index (κ3) is 4.79. The van der Waals surface area contributed by atoms with E-state index in [2.05, 4.69) is 0 Å². The Balaban J connectivity index is 1.67. The highest BCUT2D eigenvalue weighted by atomic mass is 32.2. The van der Waals surface area contributed by atoms with Crippen LogP contribution in [0.4, 0.5) is 14.5 Å². The molecular weight excluding hydrogens is 450 g/mol. The smallest absolute Gasteiger partial charge is 0.232 e. The Hall–Kier alpha value is -3.17. The number of sulfonamides is 1. The number of nitrogens with zero attached hydrogens (tertiary/aromatic N) is 2. The van der Waals surface area contributed by atoms with Crippen molar-refractivity contribution in [3.8, 4) is 5.75 Å². The van der Waals surface area contributed by atoms with Crippen LogP contribution in [-0.2, 0) is 16.6 Å². The Morgan fingerprint density at radius 2 is 1.52 bits per heavy atom. The van der Waals surface area contributed by atoms with Crippen LogP contribution in [0, 0.1) is 11.6 Å². The number of aliphatic hydroxyl groups excluding tert-OH is 1. The molecule has 0 bridgehead atoms. The first-order chi connectivity index (χ1) is 15.7. The van der Waals surface area contributed by atoms with Crippen LogP contribution in [0.2, 0.25) is 0 Å². The van der Waals surface area contributed by atoms with Gasteiger partial charge < -0.3 is 14.4 Å². The Bertz CT molecular complexity index is 1340. The molecule has 9 heteroatoms. The number of hydrogen-bond acceptors (Lipinski definition) is 4. The number of hydrogen-bond donors (Lipinski definition) is 1. The van der Waals surface area contributed by atoms with Crippen molar-refractivity contribution in [2.75, 3.05) is 23.7 Å². The highest BCUT2D eigenvalue weighted by Crippen LogP contribution is 2.31. The minimum atomic E-state index is -3.69. The second-order valence-electron chi connectivity index (χ2n) is 7.81. The zero-order chi connectivity index (χ0) is 23.8. The summed E-state index contributed by atoms with van der Waals surface area (Å²) < 4.78 is 61.0. The highest BCUT2D eigenvalue weighted by Gasteiger charge is 2.23. The van der Waals surface area contributed by atoms with Gasteiger partial charge in [-0.1, -0.05) is 0 Å². The SMILES string of the molecule is CCOc1ccc(N(CC(O)Cn2c3ccc(F)cc3c3cc(F)ccc32)S(C)(=O)=O)cc1. The molecule has 0 saturated heterocycles. The Kier molecular flexibility index (Phi) is 6.27. The molecule has 0 fully saturated rings. The molecule has 0 aliphatic heterocycles. The van der Waals surface area contributed by atoms with Gasteiger partial charge in [-0.25, -0.2) is 17.2 Å². The summed E-state index contributed by atoms with van der Waals surface area (Å²) in [5.74, 6) is -0.296.